The van der Waals surface area contributed by atoms with Crippen molar-refractivity contribution < 1.29 is 28.6 Å². The van der Waals surface area contributed by atoms with Gasteiger partial charge in [-0.15, -0.1) is 0 Å². The zero-order valence-corrected chi connectivity index (χ0v) is 38.3. The fourth-order valence-corrected chi connectivity index (χ4v) is 6.91. The van der Waals surface area contributed by atoms with Crippen molar-refractivity contribution in [1.82, 2.24) is 0 Å². The zero-order valence-electron chi connectivity index (χ0n) is 38.3. The molecular formula is C52H92O6. The van der Waals surface area contributed by atoms with Gasteiger partial charge in [0.2, 0.25) is 0 Å². The van der Waals surface area contributed by atoms with Crippen molar-refractivity contribution in [3.8, 4) is 0 Å². The molecule has 0 saturated heterocycles. The van der Waals surface area contributed by atoms with Gasteiger partial charge in [-0.1, -0.05) is 217 Å². The Labute approximate surface area is 358 Å². The van der Waals surface area contributed by atoms with Crippen LogP contribution in [0.25, 0.3) is 0 Å². The van der Waals surface area contributed by atoms with Crippen molar-refractivity contribution in [2.45, 2.75) is 252 Å². The molecule has 0 fully saturated rings. The molecule has 6 nitrogen and oxygen atoms in total. The summed E-state index contributed by atoms with van der Waals surface area (Å²) in [6, 6.07) is 0. The summed E-state index contributed by atoms with van der Waals surface area (Å²) in [5, 5.41) is 0. The maximum absolute atomic E-state index is 12.7. The number of allylic oxidation sites excluding steroid dienone is 7. The van der Waals surface area contributed by atoms with Crippen molar-refractivity contribution in [1.29, 1.82) is 0 Å². The molecule has 0 amide bonds. The smallest absolute Gasteiger partial charge is 0.309 e. The van der Waals surface area contributed by atoms with E-state index in [0.29, 0.717) is 12.8 Å². The largest absolute Gasteiger partial charge is 0.462 e. The molecule has 0 heterocycles. The van der Waals surface area contributed by atoms with Crippen LogP contribution in [0, 0.1) is 0 Å². The molecule has 0 spiro atoms. The van der Waals surface area contributed by atoms with Crippen LogP contribution in [0.3, 0.4) is 0 Å². The fraction of sp³-hybridized carbons (Fsp3) is 0.788. The Bertz CT molecular complexity index is 1030. The Kier molecular flexibility index (Phi) is 44.9. The van der Waals surface area contributed by atoms with Crippen molar-refractivity contribution in [2.75, 3.05) is 13.2 Å². The standard InChI is InChI=1S/C52H92O6/c1-4-7-10-13-16-19-21-23-24-25-26-27-28-29-31-33-36-39-42-45-51(54)57-48-49(47-56-50(53)44-41-38-35-32-18-15-12-9-6-3)58-52(55)46-43-40-37-34-30-22-20-17-14-11-8-5-2/h9,12,17-18,20,32,38,41,49H,4-8,10-11,13-16,19,21-31,33-37,39-40,42-48H2,1-3H3/b12-9-,20-17-,32-18-,41-38-. The molecule has 336 valence electrons. The van der Waals surface area contributed by atoms with Gasteiger partial charge in [0, 0.05) is 12.8 Å². The summed E-state index contributed by atoms with van der Waals surface area (Å²) in [6.07, 6.45) is 55.7. The minimum absolute atomic E-state index is 0.101. The van der Waals surface area contributed by atoms with E-state index in [9.17, 15) is 14.4 Å². The summed E-state index contributed by atoms with van der Waals surface area (Å²) in [5.74, 6) is -1.04. The summed E-state index contributed by atoms with van der Waals surface area (Å²) in [5.41, 5.74) is 0. The number of hydrogen-bond acceptors (Lipinski definition) is 6. The number of esters is 3. The van der Waals surface area contributed by atoms with E-state index >= 15 is 0 Å². The second-order valence-electron chi connectivity index (χ2n) is 16.4. The molecule has 0 rings (SSSR count). The highest BCUT2D eigenvalue weighted by Crippen LogP contribution is 2.16. The van der Waals surface area contributed by atoms with Crippen LogP contribution in [0.2, 0.25) is 0 Å². The van der Waals surface area contributed by atoms with E-state index in [4.69, 9.17) is 14.2 Å². The zero-order chi connectivity index (χ0) is 42.3. The number of hydrogen-bond donors (Lipinski definition) is 0. The molecule has 0 aliphatic rings. The Morgan fingerprint density at radius 2 is 0.741 bits per heavy atom. The monoisotopic (exact) mass is 813 g/mol. The quantitative estimate of drug-likeness (QED) is 0.0264. The molecule has 0 saturated carbocycles. The lowest BCUT2D eigenvalue weighted by atomic mass is 10.0. The molecule has 6 heteroatoms. The topological polar surface area (TPSA) is 78.9 Å². The molecule has 1 atom stereocenters. The molecule has 0 N–H and O–H groups in total. The third-order valence-corrected chi connectivity index (χ3v) is 10.6. The lowest BCUT2D eigenvalue weighted by Crippen LogP contribution is -2.30. The van der Waals surface area contributed by atoms with Crippen molar-refractivity contribution in [3.63, 3.8) is 0 Å². The minimum atomic E-state index is -0.808. The Hall–Kier alpha value is -2.63. The third-order valence-electron chi connectivity index (χ3n) is 10.6. The first kappa shape index (κ1) is 55.4. The molecule has 0 aliphatic carbocycles. The highest BCUT2D eigenvalue weighted by molar-refractivity contribution is 5.72. The Balaban J connectivity index is 4.30. The van der Waals surface area contributed by atoms with Gasteiger partial charge in [0.1, 0.15) is 13.2 Å². The number of rotatable bonds is 44. The Morgan fingerprint density at radius 1 is 0.379 bits per heavy atom. The van der Waals surface area contributed by atoms with E-state index < -0.39 is 12.1 Å². The van der Waals surface area contributed by atoms with Crippen LogP contribution in [-0.2, 0) is 28.6 Å². The molecular weight excluding hydrogens is 721 g/mol. The van der Waals surface area contributed by atoms with Crippen LogP contribution < -0.4 is 0 Å². The van der Waals surface area contributed by atoms with Gasteiger partial charge in [-0.25, -0.2) is 0 Å². The first-order chi connectivity index (χ1) is 28.5. The lowest BCUT2D eigenvalue weighted by molar-refractivity contribution is -0.166. The second kappa shape index (κ2) is 47.1. The number of unbranched alkanes of at least 4 members (excludes halogenated alkanes) is 26. The average molecular weight is 813 g/mol. The highest BCUT2D eigenvalue weighted by Gasteiger charge is 2.19. The Morgan fingerprint density at radius 3 is 1.22 bits per heavy atom. The third kappa shape index (κ3) is 44.5. The summed E-state index contributed by atoms with van der Waals surface area (Å²) in [6.45, 7) is 6.40. The van der Waals surface area contributed by atoms with Crippen LogP contribution in [0.15, 0.2) is 48.6 Å². The molecule has 0 aliphatic heterocycles. The second-order valence-corrected chi connectivity index (χ2v) is 16.4. The molecule has 0 bridgehead atoms. The van der Waals surface area contributed by atoms with E-state index in [1.807, 2.05) is 6.08 Å². The fourth-order valence-electron chi connectivity index (χ4n) is 6.91. The summed E-state index contributed by atoms with van der Waals surface area (Å²) < 4.78 is 16.6. The summed E-state index contributed by atoms with van der Waals surface area (Å²) >= 11 is 0. The van der Waals surface area contributed by atoms with Gasteiger partial charge in [-0.3, -0.25) is 14.4 Å². The van der Waals surface area contributed by atoms with E-state index in [-0.39, 0.29) is 31.6 Å². The van der Waals surface area contributed by atoms with Crippen molar-refractivity contribution in [3.05, 3.63) is 48.6 Å². The van der Waals surface area contributed by atoms with Gasteiger partial charge in [-0.05, 0) is 57.8 Å². The lowest BCUT2D eigenvalue weighted by Gasteiger charge is -2.18. The maximum Gasteiger partial charge on any atom is 0.309 e. The minimum Gasteiger partial charge on any atom is -0.462 e. The first-order valence-electron chi connectivity index (χ1n) is 24.6. The van der Waals surface area contributed by atoms with Gasteiger partial charge < -0.3 is 14.2 Å². The van der Waals surface area contributed by atoms with Crippen LogP contribution >= 0.6 is 0 Å². The predicted molar refractivity (Wildman–Crippen MR) is 247 cm³/mol. The van der Waals surface area contributed by atoms with Crippen molar-refractivity contribution in [2.24, 2.45) is 0 Å². The maximum atomic E-state index is 12.7. The summed E-state index contributed by atoms with van der Waals surface area (Å²) in [4.78, 5) is 37.7. The molecule has 0 radical (unpaired) electrons. The van der Waals surface area contributed by atoms with Gasteiger partial charge in [-0.2, -0.15) is 0 Å². The molecule has 58 heavy (non-hydrogen) atoms. The van der Waals surface area contributed by atoms with Gasteiger partial charge in [0.15, 0.2) is 6.10 Å². The number of ether oxygens (including phenoxy) is 3. The van der Waals surface area contributed by atoms with Crippen molar-refractivity contribution >= 4 is 17.9 Å². The normalized spacial score (nSPS) is 12.4. The van der Waals surface area contributed by atoms with Gasteiger partial charge >= 0.3 is 17.9 Å². The summed E-state index contributed by atoms with van der Waals surface area (Å²) in [7, 11) is 0. The molecule has 0 aromatic carbocycles. The van der Waals surface area contributed by atoms with Crippen LogP contribution in [0.5, 0.6) is 0 Å². The van der Waals surface area contributed by atoms with Crippen LogP contribution in [-0.4, -0.2) is 37.2 Å². The highest BCUT2D eigenvalue weighted by atomic mass is 16.6. The van der Waals surface area contributed by atoms with E-state index in [1.54, 1.807) is 6.08 Å². The molecule has 0 aromatic heterocycles. The van der Waals surface area contributed by atoms with E-state index in [0.717, 1.165) is 70.6 Å². The van der Waals surface area contributed by atoms with Crippen LogP contribution in [0.1, 0.15) is 245 Å². The number of carbonyl (C=O) groups is 3. The predicted octanol–water partition coefficient (Wildman–Crippen LogP) is 15.9. The van der Waals surface area contributed by atoms with Gasteiger partial charge in [0.05, 0.1) is 6.42 Å². The average Bonchev–Trinajstić information content (AvgIpc) is 3.22. The SMILES string of the molecule is CC/C=C\C/C=C\C/C=C\CC(=O)OCC(COC(=O)CCCCCCCCCCCCCCCCCCCCC)OC(=O)CCCCCCC/C=C\CCCCC. The van der Waals surface area contributed by atoms with E-state index in [1.165, 1.54) is 135 Å². The molecule has 0 aromatic rings. The van der Waals surface area contributed by atoms with Gasteiger partial charge in [0.25, 0.3) is 0 Å². The molecule has 1 unspecified atom stereocenters. The van der Waals surface area contributed by atoms with Crippen LogP contribution in [0.4, 0.5) is 0 Å². The first-order valence-corrected chi connectivity index (χ1v) is 24.6. The van der Waals surface area contributed by atoms with E-state index in [2.05, 4.69) is 57.2 Å². The number of carbonyl (C=O) groups excluding carboxylic acids is 3.